The summed E-state index contributed by atoms with van der Waals surface area (Å²) in [6, 6.07) is -0.484. The van der Waals surface area contributed by atoms with E-state index in [-0.39, 0.29) is 19.7 Å². The third kappa shape index (κ3) is 5.07. The summed E-state index contributed by atoms with van der Waals surface area (Å²) in [5.74, 6) is -0.936. The monoisotopic (exact) mass is 312 g/mol. The molecule has 21 heavy (non-hydrogen) atoms. The Bertz CT molecular complexity index is 389. The molecule has 122 valence electrons. The second-order valence-electron chi connectivity index (χ2n) is 5.01. The number of urea groups is 1. The Balaban J connectivity index is 2.30. The van der Waals surface area contributed by atoms with E-state index in [0.717, 1.165) is 0 Å². The molecule has 0 saturated carbocycles. The number of alkyl halides is 3. The van der Waals surface area contributed by atoms with Crippen molar-refractivity contribution in [1.29, 1.82) is 0 Å². The number of hydrogen-bond donors (Lipinski definition) is 2. The van der Waals surface area contributed by atoms with Gasteiger partial charge in [-0.25, -0.2) is 4.79 Å². The summed E-state index contributed by atoms with van der Waals surface area (Å²) >= 11 is 0. The van der Waals surface area contributed by atoms with Gasteiger partial charge in [0.2, 0.25) is 0 Å². The zero-order chi connectivity index (χ0) is 16.1. The number of nitrogens with zero attached hydrogens (tertiary/aromatic N) is 1. The molecule has 1 fully saturated rings. The molecule has 0 aromatic carbocycles. The number of hydrogen-bond acceptors (Lipinski definition) is 3. The maximum Gasteiger partial charge on any atom is 0.411 e. The quantitative estimate of drug-likeness (QED) is 0.728. The van der Waals surface area contributed by atoms with Crippen LogP contribution in [0.1, 0.15) is 19.8 Å². The predicted octanol–water partition coefficient (Wildman–Crippen LogP) is 1.46. The molecule has 9 heteroatoms. The molecule has 0 spiro atoms. The number of aliphatic carboxylic acids is 1. The van der Waals surface area contributed by atoms with Crippen LogP contribution in [0, 0.1) is 5.41 Å². The minimum Gasteiger partial charge on any atom is -0.481 e. The highest BCUT2D eigenvalue weighted by atomic mass is 19.4. The van der Waals surface area contributed by atoms with Crippen molar-refractivity contribution in [2.45, 2.75) is 25.9 Å². The number of carboxylic acid groups (broad SMARTS) is 1. The molecule has 0 radical (unpaired) electrons. The van der Waals surface area contributed by atoms with Gasteiger partial charge in [-0.2, -0.15) is 13.2 Å². The van der Waals surface area contributed by atoms with E-state index in [0.29, 0.717) is 19.4 Å². The third-order valence-electron chi connectivity index (χ3n) is 3.56. The van der Waals surface area contributed by atoms with Crippen molar-refractivity contribution in [3.8, 4) is 0 Å². The van der Waals surface area contributed by atoms with Crippen LogP contribution in [-0.2, 0) is 9.53 Å². The van der Waals surface area contributed by atoms with Crippen molar-refractivity contribution in [1.82, 2.24) is 10.2 Å². The summed E-state index contributed by atoms with van der Waals surface area (Å²) in [6.45, 7) is 0.503. The van der Waals surface area contributed by atoms with Crippen molar-refractivity contribution < 1.29 is 32.6 Å². The molecule has 0 aliphatic carbocycles. The number of carbonyl (C=O) groups excluding carboxylic acids is 1. The Kier molecular flexibility index (Phi) is 5.82. The topological polar surface area (TPSA) is 78.9 Å². The highest BCUT2D eigenvalue weighted by molar-refractivity contribution is 5.79. The molecule has 1 rings (SSSR count). The zero-order valence-corrected chi connectivity index (χ0v) is 11.7. The number of rotatable bonds is 6. The number of carboxylic acids is 1. The summed E-state index contributed by atoms with van der Waals surface area (Å²) < 4.78 is 39.8. The molecule has 1 saturated heterocycles. The van der Waals surface area contributed by atoms with E-state index in [2.05, 4.69) is 10.1 Å². The summed E-state index contributed by atoms with van der Waals surface area (Å²) in [7, 11) is 0. The van der Waals surface area contributed by atoms with Crippen LogP contribution in [0.25, 0.3) is 0 Å². The number of halogens is 3. The van der Waals surface area contributed by atoms with Crippen LogP contribution in [0.4, 0.5) is 18.0 Å². The number of carbonyl (C=O) groups is 2. The Morgan fingerprint density at radius 2 is 2.10 bits per heavy atom. The minimum atomic E-state index is -4.39. The molecule has 1 aliphatic rings. The SMILES string of the molecule is CCC1(C(=O)O)CCN(C(=O)NCCOCC(F)(F)F)C1. The third-order valence-corrected chi connectivity index (χ3v) is 3.56. The Labute approximate surface area is 120 Å². The molecule has 1 unspecified atom stereocenters. The molecule has 2 N–H and O–H groups in total. The van der Waals surface area contributed by atoms with Gasteiger partial charge in [-0.1, -0.05) is 6.92 Å². The molecule has 1 heterocycles. The second kappa shape index (κ2) is 6.97. The van der Waals surface area contributed by atoms with E-state index < -0.39 is 30.2 Å². The molecular formula is C12H19F3N2O4. The van der Waals surface area contributed by atoms with E-state index in [1.807, 2.05) is 0 Å². The molecule has 0 bridgehead atoms. The molecule has 2 amide bonds. The van der Waals surface area contributed by atoms with Crippen LogP contribution < -0.4 is 5.32 Å². The van der Waals surface area contributed by atoms with Crippen molar-refractivity contribution >= 4 is 12.0 Å². The van der Waals surface area contributed by atoms with Gasteiger partial charge in [0.05, 0.1) is 12.0 Å². The van der Waals surface area contributed by atoms with Gasteiger partial charge in [-0.3, -0.25) is 4.79 Å². The van der Waals surface area contributed by atoms with Gasteiger partial charge < -0.3 is 20.1 Å². The number of amides is 2. The lowest BCUT2D eigenvalue weighted by atomic mass is 9.84. The van der Waals surface area contributed by atoms with E-state index in [4.69, 9.17) is 0 Å². The first-order chi connectivity index (χ1) is 9.70. The van der Waals surface area contributed by atoms with Gasteiger partial charge in [-0.15, -0.1) is 0 Å². The van der Waals surface area contributed by atoms with E-state index in [1.165, 1.54) is 4.90 Å². The van der Waals surface area contributed by atoms with Gasteiger partial charge >= 0.3 is 18.2 Å². The van der Waals surface area contributed by atoms with Gasteiger partial charge in [0.1, 0.15) is 6.61 Å². The van der Waals surface area contributed by atoms with Crippen LogP contribution >= 0.6 is 0 Å². The summed E-state index contributed by atoms with van der Waals surface area (Å²) in [4.78, 5) is 24.4. The molecule has 0 aromatic heterocycles. The molecule has 1 atom stereocenters. The van der Waals surface area contributed by atoms with Gasteiger partial charge in [0.25, 0.3) is 0 Å². The Morgan fingerprint density at radius 3 is 2.57 bits per heavy atom. The van der Waals surface area contributed by atoms with Crippen molar-refractivity contribution in [2.24, 2.45) is 5.41 Å². The average molecular weight is 312 g/mol. The van der Waals surface area contributed by atoms with E-state index in [1.54, 1.807) is 6.92 Å². The van der Waals surface area contributed by atoms with Crippen LogP contribution in [0.3, 0.4) is 0 Å². The smallest absolute Gasteiger partial charge is 0.411 e. The Morgan fingerprint density at radius 1 is 1.43 bits per heavy atom. The fourth-order valence-corrected chi connectivity index (χ4v) is 2.19. The molecule has 1 aliphatic heterocycles. The Hall–Kier alpha value is -1.51. The van der Waals surface area contributed by atoms with Gasteiger partial charge in [0, 0.05) is 19.6 Å². The predicted molar refractivity (Wildman–Crippen MR) is 66.8 cm³/mol. The second-order valence-corrected chi connectivity index (χ2v) is 5.01. The van der Waals surface area contributed by atoms with Crippen molar-refractivity contribution in [3.63, 3.8) is 0 Å². The average Bonchev–Trinajstić information content (AvgIpc) is 2.82. The van der Waals surface area contributed by atoms with E-state index in [9.17, 15) is 27.9 Å². The fraction of sp³-hybridized carbons (Fsp3) is 0.833. The molecular weight excluding hydrogens is 293 g/mol. The highest BCUT2D eigenvalue weighted by Crippen LogP contribution is 2.34. The molecule has 0 aromatic rings. The van der Waals surface area contributed by atoms with E-state index >= 15 is 0 Å². The summed E-state index contributed by atoms with van der Waals surface area (Å²) in [5.41, 5.74) is -0.926. The fourth-order valence-electron chi connectivity index (χ4n) is 2.19. The first kappa shape index (κ1) is 17.5. The number of likely N-dealkylation sites (tertiary alicyclic amines) is 1. The van der Waals surface area contributed by atoms with Crippen LogP contribution in [0.5, 0.6) is 0 Å². The minimum absolute atomic E-state index is 0.0579. The summed E-state index contributed by atoms with van der Waals surface area (Å²) in [5, 5.41) is 11.6. The van der Waals surface area contributed by atoms with Gasteiger partial charge in [-0.05, 0) is 12.8 Å². The summed E-state index contributed by atoms with van der Waals surface area (Å²) in [6.07, 6.45) is -3.60. The van der Waals surface area contributed by atoms with Crippen LogP contribution in [-0.4, -0.2) is 61.0 Å². The molecule has 6 nitrogen and oxygen atoms in total. The normalized spacial score (nSPS) is 22.4. The van der Waals surface area contributed by atoms with Crippen LogP contribution in [0.15, 0.2) is 0 Å². The number of nitrogens with one attached hydrogen (secondary N) is 1. The van der Waals surface area contributed by atoms with Crippen LogP contribution in [0.2, 0.25) is 0 Å². The maximum atomic E-state index is 11.8. The largest absolute Gasteiger partial charge is 0.481 e. The van der Waals surface area contributed by atoms with Gasteiger partial charge in [0.15, 0.2) is 0 Å². The maximum absolute atomic E-state index is 11.8. The zero-order valence-electron chi connectivity index (χ0n) is 11.7. The first-order valence-corrected chi connectivity index (χ1v) is 6.61. The van der Waals surface area contributed by atoms with Crippen molar-refractivity contribution in [3.05, 3.63) is 0 Å². The standard InChI is InChI=1S/C12H19F3N2O4/c1-2-11(9(18)19)3-5-17(7-11)10(20)16-4-6-21-8-12(13,14)15/h2-8H2,1H3,(H,16,20)(H,18,19). The van der Waals surface area contributed by atoms with Crippen molar-refractivity contribution in [2.75, 3.05) is 32.8 Å². The lowest BCUT2D eigenvalue weighted by Gasteiger charge is -2.23. The number of ether oxygens (including phenoxy) is 1. The lowest BCUT2D eigenvalue weighted by molar-refractivity contribution is -0.173. The lowest BCUT2D eigenvalue weighted by Crippen LogP contribution is -2.42. The highest BCUT2D eigenvalue weighted by Gasteiger charge is 2.44. The first-order valence-electron chi connectivity index (χ1n) is 6.61.